The maximum absolute atomic E-state index is 11.5. The SMILES string of the molecule is CCN1CCN(c2nc3c(s2)CN(C(C)=O)CC3)CC1. The van der Waals surface area contributed by atoms with E-state index < -0.39 is 0 Å². The highest BCUT2D eigenvalue weighted by atomic mass is 32.1. The molecular formula is C14H22N4OS. The standard InChI is InChI=1S/C14H22N4OS/c1-3-16-6-8-17(9-7-16)14-15-12-4-5-18(11(2)19)10-13(12)20-14/h3-10H2,1-2H3. The van der Waals surface area contributed by atoms with Crippen LogP contribution in [0.25, 0.3) is 0 Å². The molecule has 110 valence electrons. The van der Waals surface area contributed by atoms with Gasteiger partial charge in [0.2, 0.25) is 5.91 Å². The molecule has 0 saturated carbocycles. The molecule has 0 bridgehead atoms. The third-order valence-corrected chi connectivity index (χ3v) is 5.40. The van der Waals surface area contributed by atoms with Crippen molar-refractivity contribution in [1.82, 2.24) is 14.8 Å². The Labute approximate surface area is 124 Å². The molecule has 0 unspecified atom stereocenters. The molecule has 0 atom stereocenters. The van der Waals surface area contributed by atoms with Gasteiger partial charge in [0.15, 0.2) is 5.13 Å². The normalized spacial score (nSPS) is 20.1. The van der Waals surface area contributed by atoms with Gasteiger partial charge in [-0.25, -0.2) is 4.98 Å². The van der Waals surface area contributed by atoms with Gasteiger partial charge in [0.25, 0.3) is 0 Å². The van der Waals surface area contributed by atoms with Crippen LogP contribution in [0.2, 0.25) is 0 Å². The summed E-state index contributed by atoms with van der Waals surface area (Å²) in [4.78, 5) is 24.4. The van der Waals surface area contributed by atoms with Gasteiger partial charge in [-0.3, -0.25) is 4.79 Å². The molecule has 1 fully saturated rings. The maximum atomic E-state index is 11.5. The lowest BCUT2D eigenvalue weighted by molar-refractivity contribution is -0.129. The van der Waals surface area contributed by atoms with E-state index in [0.29, 0.717) is 0 Å². The van der Waals surface area contributed by atoms with Gasteiger partial charge in [0, 0.05) is 50.9 Å². The fraction of sp³-hybridized carbons (Fsp3) is 0.714. The molecule has 5 nitrogen and oxygen atoms in total. The van der Waals surface area contributed by atoms with Crippen LogP contribution in [0.5, 0.6) is 0 Å². The van der Waals surface area contributed by atoms with Crippen LogP contribution in [0.4, 0.5) is 5.13 Å². The van der Waals surface area contributed by atoms with Gasteiger partial charge in [-0.15, -0.1) is 0 Å². The highest BCUT2D eigenvalue weighted by Gasteiger charge is 2.25. The van der Waals surface area contributed by atoms with Crippen molar-refractivity contribution >= 4 is 22.4 Å². The highest BCUT2D eigenvalue weighted by Crippen LogP contribution is 2.31. The Bertz CT molecular complexity index is 493. The van der Waals surface area contributed by atoms with Gasteiger partial charge in [-0.05, 0) is 6.54 Å². The molecule has 0 aromatic carbocycles. The van der Waals surface area contributed by atoms with Crippen molar-refractivity contribution in [3.63, 3.8) is 0 Å². The van der Waals surface area contributed by atoms with Crippen LogP contribution in [-0.2, 0) is 17.8 Å². The number of aromatic nitrogens is 1. The Hall–Kier alpha value is -1.14. The van der Waals surface area contributed by atoms with Crippen LogP contribution < -0.4 is 4.90 Å². The minimum absolute atomic E-state index is 0.169. The first kappa shape index (κ1) is 13.8. The number of carbonyl (C=O) groups excluding carboxylic acids is 1. The van der Waals surface area contributed by atoms with Crippen LogP contribution in [-0.4, -0.2) is 60.0 Å². The molecule has 2 aliphatic heterocycles. The van der Waals surface area contributed by atoms with Crippen molar-refractivity contribution in [2.24, 2.45) is 0 Å². The number of amides is 1. The van der Waals surface area contributed by atoms with Crippen molar-refractivity contribution in [2.45, 2.75) is 26.8 Å². The van der Waals surface area contributed by atoms with Crippen LogP contribution >= 0.6 is 11.3 Å². The lowest BCUT2D eigenvalue weighted by Gasteiger charge is -2.33. The Morgan fingerprint density at radius 2 is 2.00 bits per heavy atom. The lowest BCUT2D eigenvalue weighted by atomic mass is 10.2. The zero-order valence-electron chi connectivity index (χ0n) is 12.3. The third kappa shape index (κ3) is 2.67. The zero-order valence-corrected chi connectivity index (χ0v) is 13.1. The smallest absolute Gasteiger partial charge is 0.219 e. The van der Waals surface area contributed by atoms with E-state index in [0.717, 1.165) is 57.4 Å². The number of thiazole rings is 1. The van der Waals surface area contributed by atoms with Crippen molar-refractivity contribution in [1.29, 1.82) is 0 Å². The summed E-state index contributed by atoms with van der Waals surface area (Å²) >= 11 is 1.77. The Kier molecular flexibility index (Phi) is 3.94. The van der Waals surface area contributed by atoms with E-state index >= 15 is 0 Å². The number of carbonyl (C=O) groups is 1. The number of likely N-dealkylation sites (N-methyl/N-ethyl adjacent to an activating group) is 1. The number of anilines is 1. The van der Waals surface area contributed by atoms with Gasteiger partial charge in [0.1, 0.15) is 0 Å². The first-order valence-corrected chi connectivity index (χ1v) is 8.20. The molecule has 0 N–H and O–H groups in total. The number of hydrogen-bond acceptors (Lipinski definition) is 5. The van der Waals surface area contributed by atoms with E-state index in [1.165, 1.54) is 10.6 Å². The van der Waals surface area contributed by atoms with E-state index in [9.17, 15) is 4.79 Å². The molecule has 3 rings (SSSR count). The summed E-state index contributed by atoms with van der Waals surface area (Å²) < 4.78 is 0. The predicted octanol–water partition coefficient (Wildman–Crippen LogP) is 1.19. The number of rotatable bonds is 2. The van der Waals surface area contributed by atoms with Gasteiger partial charge in [-0.1, -0.05) is 18.3 Å². The fourth-order valence-electron chi connectivity index (χ4n) is 2.84. The molecule has 0 radical (unpaired) electrons. The number of nitrogens with zero attached hydrogens (tertiary/aromatic N) is 4. The van der Waals surface area contributed by atoms with Crippen molar-refractivity contribution in [3.05, 3.63) is 10.6 Å². The molecule has 6 heteroatoms. The lowest BCUT2D eigenvalue weighted by Crippen LogP contribution is -2.46. The average Bonchev–Trinajstić information content (AvgIpc) is 2.90. The predicted molar refractivity (Wildman–Crippen MR) is 81.2 cm³/mol. The average molecular weight is 294 g/mol. The van der Waals surface area contributed by atoms with Crippen LogP contribution in [0.3, 0.4) is 0 Å². The van der Waals surface area contributed by atoms with Crippen molar-refractivity contribution < 1.29 is 4.79 Å². The van der Waals surface area contributed by atoms with Crippen molar-refractivity contribution in [2.75, 3.05) is 44.2 Å². The molecule has 1 amide bonds. The Balaban J connectivity index is 1.70. The quantitative estimate of drug-likeness (QED) is 0.821. The molecule has 2 aliphatic rings. The van der Waals surface area contributed by atoms with E-state index in [1.807, 2.05) is 4.90 Å². The molecule has 1 aromatic heterocycles. The van der Waals surface area contributed by atoms with E-state index in [1.54, 1.807) is 18.3 Å². The third-order valence-electron chi connectivity index (χ3n) is 4.26. The summed E-state index contributed by atoms with van der Waals surface area (Å²) in [6.45, 7) is 10.9. The second-order valence-corrected chi connectivity index (χ2v) is 6.54. The Morgan fingerprint density at radius 1 is 1.25 bits per heavy atom. The zero-order chi connectivity index (χ0) is 14.1. The molecule has 0 aliphatic carbocycles. The summed E-state index contributed by atoms with van der Waals surface area (Å²) in [6.07, 6.45) is 0.903. The molecule has 1 aromatic rings. The van der Waals surface area contributed by atoms with Gasteiger partial charge in [-0.2, -0.15) is 0 Å². The topological polar surface area (TPSA) is 39.7 Å². The van der Waals surface area contributed by atoms with Crippen LogP contribution in [0.15, 0.2) is 0 Å². The summed E-state index contributed by atoms with van der Waals surface area (Å²) in [5, 5.41) is 1.15. The van der Waals surface area contributed by atoms with Crippen LogP contribution in [0.1, 0.15) is 24.4 Å². The van der Waals surface area contributed by atoms with Gasteiger partial charge in [0.05, 0.1) is 12.2 Å². The molecule has 20 heavy (non-hydrogen) atoms. The summed E-state index contributed by atoms with van der Waals surface area (Å²) in [6, 6.07) is 0. The summed E-state index contributed by atoms with van der Waals surface area (Å²) in [5.74, 6) is 0.169. The number of fused-ring (bicyclic) bond motifs is 1. The van der Waals surface area contributed by atoms with E-state index in [-0.39, 0.29) is 5.91 Å². The summed E-state index contributed by atoms with van der Waals surface area (Å²) in [5.41, 5.74) is 1.21. The molecule has 3 heterocycles. The second kappa shape index (κ2) is 5.69. The first-order valence-electron chi connectivity index (χ1n) is 7.38. The van der Waals surface area contributed by atoms with E-state index in [2.05, 4.69) is 16.7 Å². The number of piperazine rings is 1. The summed E-state index contributed by atoms with van der Waals surface area (Å²) in [7, 11) is 0. The maximum Gasteiger partial charge on any atom is 0.219 e. The second-order valence-electron chi connectivity index (χ2n) is 5.48. The monoisotopic (exact) mass is 294 g/mol. The highest BCUT2D eigenvalue weighted by molar-refractivity contribution is 7.15. The fourth-order valence-corrected chi connectivity index (χ4v) is 4.02. The minimum atomic E-state index is 0.169. The molecular weight excluding hydrogens is 272 g/mol. The van der Waals surface area contributed by atoms with Gasteiger partial charge >= 0.3 is 0 Å². The Morgan fingerprint density at radius 3 is 2.65 bits per heavy atom. The van der Waals surface area contributed by atoms with Crippen molar-refractivity contribution in [3.8, 4) is 0 Å². The minimum Gasteiger partial charge on any atom is -0.346 e. The van der Waals surface area contributed by atoms with Crippen LogP contribution in [0, 0.1) is 0 Å². The first-order chi connectivity index (χ1) is 9.67. The molecule has 0 spiro atoms. The van der Waals surface area contributed by atoms with E-state index in [4.69, 9.17) is 4.98 Å². The largest absolute Gasteiger partial charge is 0.346 e. The molecule has 1 saturated heterocycles. The van der Waals surface area contributed by atoms with Gasteiger partial charge < -0.3 is 14.7 Å². The number of hydrogen-bond donors (Lipinski definition) is 0.